The third-order valence-corrected chi connectivity index (χ3v) is 8.96. The van der Waals surface area contributed by atoms with E-state index in [9.17, 15) is 14.4 Å². The van der Waals surface area contributed by atoms with E-state index in [0.29, 0.717) is 30.1 Å². The summed E-state index contributed by atoms with van der Waals surface area (Å²) in [6, 6.07) is 8.88. The van der Waals surface area contributed by atoms with Crippen LogP contribution in [0.25, 0.3) is 0 Å². The first kappa shape index (κ1) is 32.6. The molecule has 1 heterocycles. The highest BCUT2D eigenvalue weighted by molar-refractivity contribution is 7.25. The van der Waals surface area contributed by atoms with Crippen molar-refractivity contribution in [2.24, 2.45) is 11.8 Å². The van der Waals surface area contributed by atoms with Gasteiger partial charge in [-0.2, -0.15) is 0 Å². The fourth-order valence-corrected chi connectivity index (χ4v) is 6.29. The number of hydrogen-bond acceptors (Lipinski definition) is 4. The summed E-state index contributed by atoms with van der Waals surface area (Å²) >= 11 is 0. The van der Waals surface area contributed by atoms with Gasteiger partial charge in [-0.05, 0) is 49.5 Å². The van der Waals surface area contributed by atoms with Crippen LogP contribution in [0.5, 0.6) is 0 Å². The van der Waals surface area contributed by atoms with E-state index in [2.05, 4.69) is 51.8 Å². The minimum atomic E-state index is -0.338. The maximum atomic E-state index is 14.0. The molecule has 1 saturated carbocycles. The highest BCUT2D eigenvalue weighted by Crippen LogP contribution is 2.31. The largest absolute Gasteiger partial charge is 0.377 e. The first-order valence-electron chi connectivity index (χ1n) is 15.3. The Morgan fingerprint density at radius 3 is 2.44 bits per heavy atom. The second-order valence-corrected chi connectivity index (χ2v) is 12.3. The summed E-state index contributed by atoms with van der Waals surface area (Å²) in [5.74, 6) is 0.303. The van der Waals surface area contributed by atoms with Crippen molar-refractivity contribution in [3.63, 3.8) is 0 Å². The summed E-state index contributed by atoms with van der Waals surface area (Å²) in [6.45, 7) is 13.0. The topological polar surface area (TPSA) is 90.5 Å². The van der Waals surface area contributed by atoms with Gasteiger partial charge in [0.2, 0.25) is 11.8 Å². The Bertz CT molecular complexity index is 1070. The Morgan fingerprint density at radius 2 is 1.78 bits per heavy atom. The lowest BCUT2D eigenvalue weighted by Gasteiger charge is -2.36. The molecule has 3 N–H and O–H groups in total. The minimum absolute atomic E-state index is 0.0616. The zero-order valence-corrected chi connectivity index (χ0v) is 25.9. The number of carbonyl (C=O) groups is 3. The van der Waals surface area contributed by atoms with Crippen molar-refractivity contribution in [2.45, 2.75) is 96.2 Å². The molecule has 4 atom stereocenters. The standard InChI is InChI=1S/C33H49N4O3P/c1-5-23(3)20-24(4)35-31(26-16-11-8-12-17-26)33(40)37-19-13-18-27(37)21-29(41)32(39)34-22-30(38)36-28(6-2)25-14-9-7-10-15-25/h6-7,9-10,14-15,23,26-28,31,35,41H,2,4-5,8,11-13,16-22H2,1,3H3,(H,34,39)(H,36,38). The zero-order chi connectivity index (χ0) is 29.8. The number of rotatable bonds is 15. The molecule has 2 aliphatic rings. The SMILES string of the molecule is C=CC(NC(=O)CNC(=O)C(=P)CC1CCCN1C(=O)C(NC(=C)CC(C)CC)C1CCCCC1)c1ccccc1. The lowest BCUT2D eigenvalue weighted by molar-refractivity contribution is -0.135. The van der Waals surface area contributed by atoms with Crippen molar-refractivity contribution in [1.82, 2.24) is 20.9 Å². The quantitative estimate of drug-likeness (QED) is 0.193. The molecular weight excluding hydrogens is 531 g/mol. The number of amides is 3. The lowest BCUT2D eigenvalue weighted by atomic mass is 9.83. The number of carbonyl (C=O) groups excluding carboxylic acids is 3. The van der Waals surface area contributed by atoms with E-state index in [0.717, 1.165) is 62.6 Å². The number of nitrogens with zero attached hydrogens (tertiary/aromatic N) is 1. The average Bonchev–Trinajstić information content (AvgIpc) is 3.45. The van der Waals surface area contributed by atoms with Crippen molar-refractivity contribution < 1.29 is 14.4 Å². The number of allylic oxidation sites excluding steroid dienone is 1. The molecule has 1 saturated heterocycles. The Balaban J connectivity index is 1.56. The first-order valence-corrected chi connectivity index (χ1v) is 15.8. The number of likely N-dealkylation sites (tertiary alicyclic amines) is 1. The van der Waals surface area contributed by atoms with E-state index in [-0.39, 0.29) is 42.4 Å². The molecule has 0 spiro atoms. The maximum Gasteiger partial charge on any atom is 0.251 e. The lowest BCUT2D eigenvalue weighted by Crippen LogP contribution is -2.52. The maximum absolute atomic E-state index is 14.0. The molecular formula is C33H49N4O3P. The van der Waals surface area contributed by atoms with Gasteiger partial charge in [-0.3, -0.25) is 14.4 Å². The molecule has 3 amide bonds. The van der Waals surface area contributed by atoms with Gasteiger partial charge < -0.3 is 20.9 Å². The van der Waals surface area contributed by atoms with Gasteiger partial charge in [0.25, 0.3) is 5.91 Å². The van der Waals surface area contributed by atoms with Crippen LogP contribution >= 0.6 is 8.86 Å². The van der Waals surface area contributed by atoms with Crippen LogP contribution in [-0.2, 0) is 14.4 Å². The zero-order valence-electron chi connectivity index (χ0n) is 24.9. The van der Waals surface area contributed by atoms with Gasteiger partial charge in [0, 0.05) is 30.0 Å². The van der Waals surface area contributed by atoms with Gasteiger partial charge in [0.05, 0.1) is 12.6 Å². The molecule has 0 radical (unpaired) electrons. The predicted octanol–water partition coefficient (Wildman–Crippen LogP) is 5.33. The van der Waals surface area contributed by atoms with Gasteiger partial charge in [-0.15, -0.1) is 15.4 Å². The van der Waals surface area contributed by atoms with Crippen LogP contribution in [0.1, 0.15) is 89.7 Å². The molecule has 224 valence electrons. The summed E-state index contributed by atoms with van der Waals surface area (Å²) in [5, 5.41) is 9.58. The second-order valence-electron chi connectivity index (χ2n) is 11.7. The van der Waals surface area contributed by atoms with Crippen molar-refractivity contribution in [3.05, 3.63) is 60.8 Å². The minimum Gasteiger partial charge on any atom is -0.377 e. The summed E-state index contributed by atoms with van der Waals surface area (Å²) < 4.78 is 0. The van der Waals surface area contributed by atoms with Gasteiger partial charge in [0.1, 0.15) is 6.04 Å². The summed E-state index contributed by atoms with van der Waals surface area (Å²) in [7, 11) is 3.52. The number of benzene rings is 1. The van der Waals surface area contributed by atoms with Gasteiger partial charge >= 0.3 is 0 Å². The molecule has 8 heteroatoms. The number of hydrogen-bond donors (Lipinski definition) is 3. The van der Waals surface area contributed by atoms with Gasteiger partial charge in [-0.25, -0.2) is 0 Å². The van der Waals surface area contributed by atoms with E-state index in [4.69, 9.17) is 0 Å². The average molecular weight is 581 g/mol. The fraction of sp³-hybridized carbons (Fsp3) is 0.576. The molecule has 1 aromatic carbocycles. The Hall–Kier alpha value is -2.92. The molecule has 1 aromatic rings. The first-order chi connectivity index (χ1) is 19.7. The molecule has 3 rings (SSSR count). The predicted molar refractivity (Wildman–Crippen MR) is 170 cm³/mol. The fourth-order valence-electron chi connectivity index (χ4n) is 5.97. The second kappa shape index (κ2) is 16.5. The molecule has 1 aliphatic heterocycles. The third kappa shape index (κ3) is 9.85. The smallest absolute Gasteiger partial charge is 0.251 e. The Kier molecular flexibility index (Phi) is 13.1. The highest BCUT2D eigenvalue weighted by atomic mass is 31.0. The van der Waals surface area contributed by atoms with Crippen molar-refractivity contribution in [2.75, 3.05) is 13.1 Å². The van der Waals surface area contributed by atoms with Crippen LogP contribution in [0.3, 0.4) is 0 Å². The molecule has 0 bridgehead atoms. The van der Waals surface area contributed by atoms with Crippen LogP contribution in [-0.4, -0.2) is 53.1 Å². The van der Waals surface area contributed by atoms with E-state index in [1.54, 1.807) is 6.08 Å². The van der Waals surface area contributed by atoms with E-state index >= 15 is 0 Å². The van der Waals surface area contributed by atoms with E-state index in [1.165, 1.54) is 6.42 Å². The van der Waals surface area contributed by atoms with E-state index < -0.39 is 0 Å². The van der Waals surface area contributed by atoms with Crippen LogP contribution in [0.2, 0.25) is 0 Å². The van der Waals surface area contributed by atoms with Crippen LogP contribution in [0.15, 0.2) is 55.3 Å². The molecule has 7 nitrogen and oxygen atoms in total. The van der Waals surface area contributed by atoms with Crippen molar-refractivity contribution in [1.29, 1.82) is 0 Å². The van der Waals surface area contributed by atoms with Crippen LogP contribution < -0.4 is 16.0 Å². The Morgan fingerprint density at radius 1 is 1.07 bits per heavy atom. The van der Waals surface area contributed by atoms with Crippen molar-refractivity contribution >= 4 is 31.9 Å². The molecule has 41 heavy (non-hydrogen) atoms. The molecule has 4 unspecified atom stereocenters. The number of nitrogens with one attached hydrogen (secondary N) is 3. The third-order valence-electron chi connectivity index (χ3n) is 8.53. The van der Waals surface area contributed by atoms with Crippen LogP contribution in [0, 0.1) is 11.8 Å². The van der Waals surface area contributed by atoms with Crippen LogP contribution in [0.4, 0.5) is 0 Å². The molecule has 2 fully saturated rings. The molecule has 1 aliphatic carbocycles. The summed E-state index contributed by atoms with van der Waals surface area (Å²) in [6.07, 6.45) is 11.4. The summed E-state index contributed by atoms with van der Waals surface area (Å²) in [5.41, 5.74) is 1.86. The monoisotopic (exact) mass is 580 g/mol. The molecule has 0 aromatic heterocycles. The van der Waals surface area contributed by atoms with E-state index in [1.807, 2.05) is 35.2 Å². The summed E-state index contributed by atoms with van der Waals surface area (Å²) in [4.78, 5) is 41.4. The normalized spacial score (nSPS) is 19.5. The van der Waals surface area contributed by atoms with Crippen molar-refractivity contribution in [3.8, 4) is 0 Å². The Labute approximate surface area is 248 Å². The van der Waals surface area contributed by atoms with Gasteiger partial charge in [-0.1, -0.05) is 82.5 Å². The highest BCUT2D eigenvalue weighted by Gasteiger charge is 2.38. The van der Waals surface area contributed by atoms with Gasteiger partial charge in [0.15, 0.2) is 0 Å².